The van der Waals surface area contributed by atoms with Crippen molar-refractivity contribution in [3.8, 4) is 0 Å². The van der Waals surface area contributed by atoms with Crippen LogP contribution in [0.25, 0.3) is 0 Å². The molecule has 0 fully saturated rings. The van der Waals surface area contributed by atoms with Crippen LogP contribution in [0.3, 0.4) is 0 Å². The molecule has 11 nitrogen and oxygen atoms in total. The predicted molar refractivity (Wildman–Crippen MR) is 147 cm³/mol. The molecule has 1 aromatic rings. The highest BCUT2D eigenvalue weighted by molar-refractivity contribution is 5.91. The lowest BCUT2D eigenvalue weighted by molar-refractivity contribution is -0.135. The number of nitrogens with one attached hydrogen (secondary N) is 1. The standard InChI is InChI=1S/C26H39N3O6.C2H4O2/c1-5-19(6-2)13-14-21(30)17-29-15-9-10-20(26(29)34)16-23(31)22(28-25(33)18(3)27)11-7-8-12-24(32)35-4;1-2(3)4/h8-10,12,15,18-19,22H,5-7,11,13-14,16-17,27H2,1-4H3,(H,28,33);1H3,(H,3,4)/b12-8+;/t18?,22-;/m0./s1. The average Bonchev–Trinajstić information content (AvgIpc) is 2.87. The Hall–Kier alpha value is -3.60. The van der Waals surface area contributed by atoms with Gasteiger partial charge < -0.3 is 25.5 Å². The van der Waals surface area contributed by atoms with Crippen LogP contribution in [0.4, 0.5) is 0 Å². The molecule has 0 radical (unpaired) electrons. The molecule has 1 unspecified atom stereocenters. The van der Waals surface area contributed by atoms with Crippen molar-refractivity contribution in [2.45, 2.75) is 91.3 Å². The number of amides is 1. The molecule has 0 aromatic carbocycles. The summed E-state index contributed by atoms with van der Waals surface area (Å²) in [6, 6.07) is 1.49. The molecule has 0 aliphatic carbocycles. The van der Waals surface area contributed by atoms with Gasteiger partial charge in [0.1, 0.15) is 0 Å². The van der Waals surface area contributed by atoms with E-state index in [4.69, 9.17) is 15.6 Å². The Morgan fingerprint density at radius 2 is 1.77 bits per heavy atom. The molecule has 1 amide bonds. The molecule has 0 saturated carbocycles. The zero-order valence-corrected chi connectivity index (χ0v) is 23.6. The number of Topliss-reactive ketones (excluding diaryl/α,β-unsaturated/α-hetero) is 2. The highest BCUT2D eigenvalue weighted by Crippen LogP contribution is 2.15. The third-order valence-electron chi connectivity index (χ3n) is 5.99. The lowest BCUT2D eigenvalue weighted by Gasteiger charge is -2.18. The maximum atomic E-state index is 13.0. The van der Waals surface area contributed by atoms with Gasteiger partial charge >= 0.3 is 5.97 Å². The highest BCUT2D eigenvalue weighted by Gasteiger charge is 2.23. The number of carbonyl (C=O) groups is 5. The van der Waals surface area contributed by atoms with E-state index in [1.165, 1.54) is 30.9 Å². The molecule has 1 heterocycles. The van der Waals surface area contributed by atoms with E-state index in [-0.39, 0.29) is 36.5 Å². The Morgan fingerprint density at radius 1 is 1.15 bits per heavy atom. The summed E-state index contributed by atoms with van der Waals surface area (Å²) in [5, 5.41) is 10.0. The molecule has 1 rings (SSSR count). The minimum atomic E-state index is -0.884. The summed E-state index contributed by atoms with van der Waals surface area (Å²) in [5.41, 5.74) is 5.46. The van der Waals surface area contributed by atoms with Crippen molar-refractivity contribution in [3.63, 3.8) is 0 Å². The van der Waals surface area contributed by atoms with Gasteiger partial charge in [0.2, 0.25) is 5.91 Å². The quantitative estimate of drug-likeness (QED) is 0.206. The first-order chi connectivity index (χ1) is 18.4. The summed E-state index contributed by atoms with van der Waals surface area (Å²) >= 11 is 0. The summed E-state index contributed by atoms with van der Waals surface area (Å²) in [6.45, 7) is 6.75. The molecule has 4 N–H and O–H groups in total. The summed E-state index contributed by atoms with van der Waals surface area (Å²) < 4.78 is 5.86. The zero-order chi connectivity index (χ0) is 30.0. The fourth-order valence-electron chi connectivity index (χ4n) is 3.61. The minimum absolute atomic E-state index is 0.0260. The van der Waals surface area contributed by atoms with Crippen LogP contribution in [-0.2, 0) is 41.7 Å². The number of carbonyl (C=O) groups excluding carboxylic acids is 4. The van der Waals surface area contributed by atoms with E-state index in [1.807, 2.05) is 0 Å². The Morgan fingerprint density at radius 3 is 2.31 bits per heavy atom. The number of allylic oxidation sites excluding steroid dienone is 1. The van der Waals surface area contributed by atoms with Crippen molar-refractivity contribution in [2.24, 2.45) is 11.7 Å². The largest absolute Gasteiger partial charge is 0.481 e. The molecule has 218 valence electrons. The summed E-state index contributed by atoms with van der Waals surface area (Å²) in [6.07, 6.45) is 7.91. The van der Waals surface area contributed by atoms with Crippen LogP contribution in [0.5, 0.6) is 0 Å². The number of carboxylic acid groups (broad SMARTS) is 1. The third kappa shape index (κ3) is 15.4. The van der Waals surface area contributed by atoms with Gasteiger partial charge in [0.15, 0.2) is 11.6 Å². The van der Waals surface area contributed by atoms with Crippen molar-refractivity contribution in [1.29, 1.82) is 0 Å². The highest BCUT2D eigenvalue weighted by atomic mass is 16.5. The molecule has 0 aliphatic rings. The number of methoxy groups -OCH3 is 1. The summed E-state index contributed by atoms with van der Waals surface area (Å²) in [5.74, 6) is -1.74. The molecule has 2 atom stereocenters. The number of aliphatic carboxylic acids is 1. The molecular formula is C28H43N3O8. The number of ether oxygens (including phenoxy) is 1. The molecule has 1 aromatic heterocycles. The van der Waals surface area contributed by atoms with Crippen LogP contribution in [0.2, 0.25) is 0 Å². The number of esters is 1. The second kappa shape index (κ2) is 19.5. The van der Waals surface area contributed by atoms with Crippen LogP contribution >= 0.6 is 0 Å². The lowest BCUT2D eigenvalue weighted by atomic mass is 9.96. The Kier molecular flexibility index (Phi) is 17.7. The van der Waals surface area contributed by atoms with E-state index in [1.54, 1.807) is 18.2 Å². The van der Waals surface area contributed by atoms with Crippen molar-refractivity contribution in [1.82, 2.24) is 9.88 Å². The maximum Gasteiger partial charge on any atom is 0.330 e. The maximum absolute atomic E-state index is 13.0. The van der Waals surface area contributed by atoms with Gasteiger partial charge in [0, 0.05) is 37.6 Å². The number of aromatic nitrogens is 1. The Bertz CT molecular complexity index is 1040. The molecular weight excluding hydrogens is 506 g/mol. The van der Waals surface area contributed by atoms with E-state index in [2.05, 4.69) is 23.9 Å². The predicted octanol–water partition coefficient (Wildman–Crippen LogP) is 2.18. The van der Waals surface area contributed by atoms with E-state index >= 15 is 0 Å². The molecule has 0 aliphatic heterocycles. The Labute approximate surface area is 229 Å². The summed E-state index contributed by atoms with van der Waals surface area (Å²) in [7, 11) is 1.26. The van der Waals surface area contributed by atoms with Gasteiger partial charge in [0.25, 0.3) is 11.5 Å². The van der Waals surface area contributed by atoms with E-state index in [0.29, 0.717) is 18.8 Å². The number of carboxylic acids is 1. The van der Waals surface area contributed by atoms with Gasteiger partial charge in [-0.2, -0.15) is 0 Å². The van der Waals surface area contributed by atoms with Crippen LogP contribution in [0.1, 0.15) is 71.8 Å². The molecule has 11 heteroatoms. The van der Waals surface area contributed by atoms with Crippen molar-refractivity contribution in [2.75, 3.05) is 7.11 Å². The van der Waals surface area contributed by atoms with Crippen LogP contribution in [0, 0.1) is 5.92 Å². The van der Waals surface area contributed by atoms with Gasteiger partial charge in [-0.1, -0.05) is 38.8 Å². The fraction of sp³-hybridized carbons (Fsp3) is 0.571. The van der Waals surface area contributed by atoms with Crippen molar-refractivity contribution >= 4 is 29.4 Å². The van der Waals surface area contributed by atoms with Crippen molar-refractivity contribution < 1.29 is 33.8 Å². The SMILES string of the molecule is CC(=O)O.CCC(CC)CCC(=O)Cn1cccc(CC(=O)[C@H](CC/C=C/C(=O)OC)NC(=O)C(C)N)c1=O. The minimum Gasteiger partial charge on any atom is -0.481 e. The van der Waals surface area contributed by atoms with Crippen molar-refractivity contribution in [3.05, 3.63) is 46.4 Å². The van der Waals surface area contributed by atoms with Gasteiger partial charge in [0.05, 0.1) is 25.7 Å². The Balaban J connectivity index is 0.00000336. The number of hydrogen-bond acceptors (Lipinski definition) is 8. The van der Waals surface area contributed by atoms with Crippen LogP contribution in [0.15, 0.2) is 35.3 Å². The second-order valence-corrected chi connectivity index (χ2v) is 9.24. The molecule has 0 bridgehead atoms. The van der Waals surface area contributed by atoms with Crippen LogP contribution in [-0.4, -0.2) is 58.3 Å². The smallest absolute Gasteiger partial charge is 0.330 e. The number of nitrogens with two attached hydrogens (primary N) is 1. The zero-order valence-electron chi connectivity index (χ0n) is 23.6. The lowest BCUT2D eigenvalue weighted by Crippen LogP contribution is -2.48. The fourth-order valence-corrected chi connectivity index (χ4v) is 3.61. The molecule has 0 saturated heterocycles. The van der Waals surface area contributed by atoms with Gasteiger partial charge in [-0.05, 0) is 38.2 Å². The van der Waals surface area contributed by atoms with E-state index < -0.39 is 35.5 Å². The first kappa shape index (κ1) is 35.4. The number of rotatable bonds is 16. The normalized spacial score (nSPS) is 12.3. The third-order valence-corrected chi connectivity index (χ3v) is 5.99. The summed E-state index contributed by atoms with van der Waals surface area (Å²) in [4.78, 5) is 70.7. The number of ketones is 2. The molecule has 39 heavy (non-hydrogen) atoms. The number of pyridine rings is 1. The van der Waals surface area contributed by atoms with Gasteiger partial charge in [-0.25, -0.2) is 4.79 Å². The topological polar surface area (TPSA) is 175 Å². The van der Waals surface area contributed by atoms with Gasteiger partial charge in [-0.15, -0.1) is 0 Å². The average molecular weight is 550 g/mol. The first-order valence-corrected chi connectivity index (χ1v) is 13.1. The second-order valence-electron chi connectivity index (χ2n) is 9.24. The number of nitrogens with zero attached hydrogens (tertiary/aromatic N) is 1. The monoisotopic (exact) mass is 549 g/mol. The molecule has 0 spiro atoms. The van der Waals surface area contributed by atoms with Gasteiger partial charge in [-0.3, -0.25) is 24.0 Å². The van der Waals surface area contributed by atoms with Crippen LogP contribution < -0.4 is 16.6 Å². The first-order valence-electron chi connectivity index (χ1n) is 13.1. The van der Waals surface area contributed by atoms with E-state index in [9.17, 15) is 24.0 Å². The van der Waals surface area contributed by atoms with E-state index in [0.717, 1.165) is 26.2 Å². The number of hydrogen-bond donors (Lipinski definition) is 3.